The number of fused-ring (bicyclic) bond motifs is 1. The lowest BCUT2D eigenvalue weighted by Gasteiger charge is -2.26. The van der Waals surface area contributed by atoms with E-state index in [9.17, 15) is 9.18 Å². The Bertz CT molecular complexity index is 1450. The summed E-state index contributed by atoms with van der Waals surface area (Å²) in [6, 6.07) is 14.7. The Balaban J connectivity index is 1.73. The summed E-state index contributed by atoms with van der Waals surface area (Å²) in [6.45, 7) is 3.75. The lowest BCUT2D eigenvalue weighted by molar-refractivity contribution is 0.0342. The third-order valence-corrected chi connectivity index (χ3v) is 6.65. The summed E-state index contributed by atoms with van der Waals surface area (Å²) in [7, 11) is 0. The smallest absolute Gasteiger partial charge is 0.266 e. The number of nitrogens with zero attached hydrogens (tertiary/aromatic N) is 3. The first-order chi connectivity index (χ1) is 16.4. The fourth-order valence-corrected chi connectivity index (χ4v) is 4.55. The van der Waals surface area contributed by atoms with Gasteiger partial charge >= 0.3 is 0 Å². The quantitative estimate of drug-likeness (QED) is 0.333. The van der Waals surface area contributed by atoms with E-state index in [0.717, 1.165) is 18.7 Å². The van der Waals surface area contributed by atoms with E-state index in [4.69, 9.17) is 44.5 Å². The SMILES string of the molecule is O=c1c2ccc(Cl)cc2nc(-c2cc(CN3CCOCC3)ccc2Cl)n1-c1ccc(Cl)c(F)c1. The van der Waals surface area contributed by atoms with Gasteiger partial charge in [-0.15, -0.1) is 0 Å². The molecule has 1 aliphatic rings. The van der Waals surface area contributed by atoms with Crippen LogP contribution < -0.4 is 5.56 Å². The summed E-state index contributed by atoms with van der Waals surface area (Å²) in [5.74, 6) is -0.351. The Hall–Kier alpha value is -2.48. The third kappa shape index (κ3) is 4.57. The van der Waals surface area contributed by atoms with Gasteiger partial charge in [0.15, 0.2) is 0 Å². The number of benzene rings is 3. The molecule has 0 atom stereocenters. The summed E-state index contributed by atoms with van der Waals surface area (Å²) < 4.78 is 21.2. The van der Waals surface area contributed by atoms with Crippen LogP contribution in [0.2, 0.25) is 15.1 Å². The van der Waals surface area contributed by atoms with Gasteiger partial charge in [-0.3, -0.25) is 14.3 Å². The highest BCUT2D eigenvalue weighted by molar-refractivity contribution is 6.33. The van der Waals surface area contributed by atoms with Gasteiger partial charge in [0.1, 0.15) is 11.6 Å². The first-order valence-corrected chi connectivity index (χ1v) is 11.8. The maximum atomic E-state index is 14.4. The molecule has 0 bridgehead atoms. The van der Waals surface area contributed by atoms with Crippen LogP contribution in [0.4, 0.5) is 4.39 Å². The Morgan fingerprint density at radius 2 is 1.71 bits per heavy atom. The van der Waals surface area contributed by atoms with Crippen molar-refractivity contribution in [3.63, 3.8) is 0 Å². The maximum absolute atomic E-state index is 14.4. The van der Waals surface area contributed by atoms with E-state index in [1.165, 1.54) is 16.7 Å². The van der Waals surface area contributed by atoms with E-state index < -0.39 is 5.82 Å². The minimum Gasteiger partial charge on any atom is -0.379 e. The second-order valence-electron chi connectivity index (χ2n) is 8.04. The van der Waals surface area contributed by atoms with Gasteiger partial charge in [-0.2, -0.15) is 0 Å². The second-order valence-corrected chi connectivity index (χ2v) is 9.29. The summed E-state index contributed by atoms with van der Waals surface area (Å²) in [5, 5.41) is 1.18. The largest absolute Gasteiger partial charge is 0.379 e. The lowest BCUT2D eigenvalue weighted by Crippen LogP contribution is -2.35. The van der Waals surface area contributed by atoms with Gasteiger partial charge in [0.2, 0.25) is 0 Å². The fraction of sp³-hybridized carbons (Fsp3) is 0.200. The molecule has 0 aliphatic carbocycles. The maximum Gasteiger partial charge on any atom is 0.266 e. The minimum atomic E-state index is -0.639. The van der Waals surface area contributed by atoms with Crippen LogP contribution >= 0.6 is 34.8 Å². The molecule has 1 fully saturated rings. The third-order valence-electron chi connectivity index (χ3n) is 5.77. The summed E-state index contributed by atoms with van der Waals surface area (Å²) in [6.07, 6.45) is 0. The average Bonchev–Trinajstić information content (AvgIpc) is 2.82. The Labute approximate surface area is 210 Å². The van der Waals surface area contributed by atoms with E-state index >= 15 is 0 Å². The molecule has 1 aromatic heterocycles. The average molecular weight is 519 g/mol. The van der Waals surface area contributed by atoms with Crippen LogP contribution in [0, 0.1) is 5.82 Å². The number of rotatable bonds is 4. The van der Waals surface area contributed by atoms with Crippen molar-refractivity contribution in [2.45, 2.75) is 6.54 Å². The minimum absolute atomic E-state index is 0.0376. The zero-order valence-corrected chi connectivity index (χ0v) is 20.2. The number of halogens is 4. The zero-order valence-electron chi connectivity index (χ0n) is 17.9. The van der Waals surface area contributed by atoms with Gasteiger partial charge < -0.3 is 4.74 Å². The molecule has 0 amide bonds. The van der Waals surface area contributed by atoms with Crippen molar-refractivity contribution in [1.29, 1.82) is 0 Å². The van der Waals surface area contributed by atoms with Crippen molar-refractivity contribution < 1.29 is 9.13 Å². The molecule has 0 radical (unpaired) electrons. The normalized spacial score (nSPS) is 14.6. The zero-order chi connectivity index (χ0) is 23.8. The topological polar surface area (TPSA) is 47.4 Å². The summed E-state index contributed by atoms with van der Waals surface area (Å²) >= 11 is 18.7. The Morgan fingerprint density at radius 1 is 0.941 bits per heavy atom. The first kappa shape index (κ1) is 23.3. The van der Waals surface area contributed by atoms with Gasteiger partial charge in [-0.25, -0.2) is 9.37 Å². The molecule has 4 aromatic rings. The highest BCUT2D eigenvalue weighted by Crippen LogP contribution is 2.31. The number of morpholine rings is 1. The summed E-state index contributed by atoms with van der Waals surface area (Å²) in [5.41, 5.74) is 1.92. The molecule has 0 N–H and O–H groups in total. The monoisotopic (exact) mass is 517 g/mol. The van der Waals surface area contributed by atoms with E-state index in [0.29, 0.717) is 52.0 Å². The highest BCUT2D eigenvalue weighted by Gasteiger charge is 2.19. The van der Waals surface area contributed by atoms with Crippen LogP contribution in [0.25, 0.3) is 28.0 Å². The molecule has 1 saturated heterocycles. The standard InChI is InChI=1S/C25H19Cl3FN3O2/c26-16-2-4-18-23(12-16)30-24(32(25(18)33)17-3-6-21(28)22(29)13-17)19-11-15(1-5-20(19)27)14-31-7-9-34-10-8-31/h1-6,11-13H,7-10,14H2. The van der Waals surface area contributed by atoms with Crippen LogP contribution in [0.3, 0.4) is 0 Å². The molecule has 1 aliphatic heterocycles. The van der Waals surface area contributed by atoms with Crippen LogP contribution in [-0.4, -0.2) is 40.8 Å². The molecule has 9 heteroatoms. The van der Waals surface area contributed by atoms with E-state index in [1.54, 1.807) is 30.3 Å². The number of ether oxygens (including phenoxy) is 1. The van der Waals surface area contributed by atoms with Gasteiger partial charge in [-0.1, -0.05) is 40.9 Å². The molecule has 174 valence electrons. The predicted molar refractivity (Wildman–Crippen MR) is 134 cm³/mol. The Kier molecular flexibility index (Phi) is 6.60. The van der Waals surface area contributed by atoms with Crippen molar-refractivity contribution >= 4 is 45.7 Å². The number of hydrogen-bond donors (Lipinski definition) is 0. The van der Waals surface area contributed by atoms with Crippen molar-refractivity contribution in [2.75, 3.05) is 26.3 Å². The molecule has 5 rings (SSSR count). The molecular formula is C25H19Cl3FN3O2. The van der Waals surface area contributed by atoms with E-state index in [-0.39, 0.29) is 16.4 Å². The van der Waals surface area contributed by atoms with Crippen LogP contribution in [-0.2, 0) is 11.3 Å². The highest BCUT2D eigenvalue weighted by atomic mass is 35.5. The van der Waals surface area contributed by atoms with Gasteiger partial charge in [0, 0.05) is 30.2 Å². The lowest BCUT2D eigenvalue weighted by atomic mass is 10.1. The van der Waals surface area contributed by atoms with Crippen molar-refractivity contribution in [1.82, 2.24) is 14.5 Å². The second kappa shape index (κ2) is 9.64. The van der Waals surface area contributed by atoms with Gasteiger partial charge in [0.05, 0.1) is 39.8 Å². The molecular weight excluding hydrogens is 500 g/mol. The molecule has 5 nitrogen and oxygen atoms in total. The van der Waals surface area contributed by atoms with Crippen LogP contribution in [0.5, 0.6) is 0 Å². The molecule has 0 unspecified atom stereocenters. The number of aromatic nitrogens is 2. The van der Waals surface area contributed by atoms with Crippen molar-refractivity contribution in [3.8, 4) is 17.1 Å². The molecule has 0 saturated carbocycles. The van der Waals surface area contributed by atoms with Gasteiger partial charge in [0.25, 0.3) is 5.56 Å². The fourth-order valence-electron chi connectivity index (χ4n) is 4.06. The van der Waals surface area contributed by atoms with E-state index in [2.05, 4.69) is 4.90 Å². The van der Waals surface area contributed by atoms with E-state index in [1.807, 2.05) is 12.1 Å². The molecule has 0 spiro atoms. The summed E-state index contributed by atoms with van der Waals surface area (Å²) in [4.78, 5) is 20.6. The number of hydrogen-bond acceptors (Lipinski definition) is 4. The van der Waals surface area contributed by atoms with Gasteiger partial charge in [-0.05, 0) is 54.1 Å². The Morgan fingerprint density at radius 3 is 2.47 bits per heavy atom. The molecule has 3 aromatic carbocycles. The molecule has 34 heavy (non-hydrogen) atoms. The van der Waals surface area contributed by atoms with Crippen molar-refractivity contribution in [2.24, 2.45) is 0 Å². The van der Waals surface area contributed by atoms with Crippen LogP contribution in [0.15, 0.2) is 59.4 Å². The first-order valence-electron chi connectivity index (χ1n) is 10.7. The van der Waals surface area contributed by atoms with Crippen molar-refractivity contribution in [3.05, 3.63) is 91.4 Å². The van der Waals surface area contributed by atoms with Crippen LogP contribution in [0.1, 0.15) is 5.56 Å². The molecule has 2 heterocycles. The predicted octanol–water partition coefficient (Wildman–Crippen LogP) is 5.98.